The number of hydrogen-bond acceptors (Lipinski definition) is 2. The zero-order chi connectivity index (χ0) is 17.4. The van der Waals surface area contributed by atoms with E-state index in [-0.39, 0.29) is 5.41 Å². The largest absolute Gasteiger partial charge is 0.380 e. The minimum absolute atomic E-state index is 0.0803. The highest BCUT2D eigenvalue weighted by Crippen LogP contribution is 2.50. The number of unbranched alkanes of at least 4 members (excludes halogenated alkanes) is 1. The standard InChI is InChI=1S/C22H29NO/c1-21(2)17-11-5-7-13-19(17)22(24,15-9-10-16-23(3)4)20-14-8-6-12-18(20)21/h5-8,11-14,24H,9-10,15-16H2,1-4H3. The molecule has 0 saturated carbocycles. The predicted molar refractivity (Wildman–Crippen MR) is 100 cm³/mol. The maximum Gasteiger partial charge on any atom is 0.115 e. The molecular formula is C22H29NO. The van der Waals surface area contributed by atoms with E-state index in [1.165, 1.54) is 11.1 Å². The predicted octanol–water partition coefficient (Wildman–Crippen LogP) is 4.29. The Morgan fingerprint density at radius 2 is 1.25 bits per heavy atom. The van der Waals surface area contributed by atoms with Crippen molar-refractivity contribution in [2.45, 2.75) is 44.1 Å². The minimum Gasteiger partial charge on any atom is -0.380 e. The third-order valence-corrected chi connectivity index (χ3v) is 5.49. The van der Waals surface area contributed by atoms with Crippen molar-refractivity contribution in [2.75, 3.05) is 20.6 Å². The molecule has 2 aromatic carbocycles. The van der Waals surface area contributed by atoms with E-state index >= 15 is 0 Å². The van der Waals surface area contributed by atoms with Gasteiger partial charge in [-0.15, -0.1) is 0 Å². The summed E-state index contributed by atoms with van der Waals surface area (Å²) in [6.45, 7) is 5.58. The van der Waals surface area contributed by atoms with Gasteiger partial charge in [0.25, 0.3) is 0 Å². The van der Waals surface area contributed by atoms with Gasteiger partial charge < -0.3 is 10.0 Å². The van der Waals surface area contributed by atoms with Gasteiger partial charge in [-0.1, -0.05) is 62.4 Å². The third-order valence-electron chi connectivity index (χ3n) is 5.49. The summed E-state index contributed by atoms with van der Waals surface area (Å²) >= 11 is 0. The lowest BCUT2D eigenvalue weighted by atomic mass is 9.62. The van der Waals surface area contributed by atoms with Gasteiger partial charge in [0.05, 0.1) is 0 Å². The molecule has 0 bridgehead atoms. The second kappa shape index (κ2) is 6.34. The number of benzene rings is 2. The van der Waals surface area contributed by atoms with Gasteiger partial charge in [0, 0.05) is 5.41 Å². The van der Waals surface area contributed by atoms with E-state index in [0.717, 1.165) is 36.9 Å². The highest BCUT2D eigenvalue weighted by molar-refractivity contribution is 5.57. The monoisotopic (exact) mass is 323 g/mol. The lowest BCUT2D eigenvalue weighted by Crippen LogP contribution is -2.40. The third kappa shape index (κ3) is 2.78. The summed E-state index contributed by atoms with van der Waals surface area (Å²) < 4.78 is 0. The zero-order valence-corrected chi connectivity index (χ0v) is 15.3. The number of fused-ring (bicyclic) bond motifs is 2. The zero-order valence-electron chi connectivity index (χ0n) is 15.3. The van der Waals surface area contributed by atoms with Crippen LogP contribution in [0.1, 0.15) is 55.4 Å². The van der Waals surface area contributed by atoms with E-state index in [1.54, 1.807) is 0 Å². The van der Waals surface area contributed by atoms with E-state index in [1.807, 2.05) is 12.1 Å². The van der Waals surface area contributed by atoms with Crippen molar-refractivity contribution in [1.29, 1.82) is 0 Å². The Morgan fingerprint density at radius 1 is 0.792 bits per heavy atom. The van der Waals surface area contributed by atoms with E-state index in [0.29, 0.717) is 0 Å². The fourth-order valence-corrected chi connectivity index (χ4v) is 4.15. The minimum atomic E-state index is -0.880. The average Bonchev–Trinajstić information content (AvgIpc) is 2.57. The molecule has 24 heavy (non-hydrogen) atoms. The molecule has 0 aliphatic heterocycles. The second-order valence-corrected chi connectivity index (χ2v) is 7.84. The molecule has 1 N–H and O–H groups in total. The van der Waals surface area contributed by atoms with Crippen molar-refractivity contribution in [3.05, 3.63) is 70.8 Å². The van der Waals surface area contributed by atoms with Crippen LogP contribution in [0.4, 0.5) is 0 Å². The Kier molecular flexibility index (Phi) is 4.54. The first-order valence-corrected chi connectivity index (χ1v) is 8.94. The van der Waals surface area contributed by atoms with Gasteiger partial charge in [-0.05, 0) is 62.2 Å². The SMILES string of the molecule is CN(C)CCCCC1(O)c2ccccc2C(C)(C)c2ccccc21. The fourth-order valence-electron chi connectivity index (χ4n) is 4.15. The highest BCUT2D eigenvalue weighted by Gasteiger charge is 2.44. The number of nitrogens with zero attached hydrogens (tertiary/aromatic N) is 1. The van der Waals surface area contributed by atoms with Gasteiger partial charge in [0.15, 0.2) is 0 Å². The lowest BCUT2D eigenvalue weighted by Gasteiger charge is -2.44. The Labute approximate surface area is 146 Å². The molecule has 0 amide bonds. The van der Waals surface area contributed by atoms with Gasteiger partial charge in [0.2, 0.25) is 0 Å². The molecule has 2 aromatic rings. The molecule has 0 fully saturated rings. The summed E-state index contributed by atoms with van der Waals surface area (Å²) in [5.41, 5.74) is 3.70. The van der Waals surface area contributed by atoms with Crippen LogP contribution < -0.4 is 0 Å². The highest BCUT2D eigenvalue weighted by atomic mass is 16.3. The molecule has 1 aliphatic carbocycles. The number of hydrogen-bond donors (Lipinski definition) is 1. The first-order valence-electron chi connectivity index (χ1n) is 8.94. The molecule has 0 unspecified atom stereocenters. The quantitative estimate of drug-likeness (QED) is 0.830. The molecule has 0 heterocycles. The Morgan fingerprint density at radius 3 is 1.71 bits per heavy atom. The van der Waals surface area contributed by atoms with Crippen LogP contribution in [0.2, 0.25) is 0 Å². The van der Waals surface area contributed by atoms with Crippen LogP contribution in [-0.2, 0) is 11.0 Å². The maximum atomic E-state index is 11.8. The van der Waals surface area contributed by atoms with Gasteiger partial charge in [-0.2, -0.15) is 0 Å². The summed E-state index contributed by atoms with van der Waals surface area (Å²) in [6, 6.07) is 16.8. The summed E-state index contributed by atoms with van der Waals surface area (Å²) in [5.74, 6) is 0. The fraction of sp³-hybridized carbons (Fsp3) is 0.455. The maximum absolute atomic E-state index is 11.8. The molecule has 0 atom stereocenters. The van der Waals surface area contributed by atoms with Crippen LogP contribution in [0.5, 0.6) is 0 Å². The molecule has 0 aromatic heterocycles. The molecule has 128 valence electrons. The van der Waals surface area contributed by atoms with Gasteiger partial charge >= 0.3 is 0 Å². The number of rotatable bonds is 5. The van der Waals surface area contributed by atoms with Crippen LogP contribution in [0.25, 0.3) is 0 Å². The summed E-state index contributed by atoms with van der Waals surface area (Å²) in [4.78, 5) is 2.20. The van der Waals surface area contributed by atoms with E-state index in [4.69, 9.17) is 0 Å². The van der Waals surface area contributed by atoms with Crippen LogP contribution in [0.15, 0.2) is 48.5 Å². The van der Waals surface area contributed by atoms with Crippen molar-refractivity contribution >= 4 is 0 Å². The van der Waals surface area contributed by atoms with E-state index in [9.17, 15) is 5.11 Å². The van der Waals surface area contributed by atoms with Crippen molar-refractivity contribution in [3.8, 4) is 0 Å². The average molecular weight is 323 g/mol. The van der Waals surface area contributed by atoms with Crippen LogP contribution in [-0.4, -0.2) is 30.6 Å². The molecule has 0 saturated heterocycles. The summed E-state index contributed by atoms with van der Waals surface area (Å²) in [6.07, 6.45) is 2.88. The van der Waals surface area contributed by atoms with Crippen molar-refractivity contribution < 1.29 is 5.11 Å². The summed E-state index contributed by atoms with van der Waals surface area (Å²) in [7, 11) is 4.20. The second-order valence-electron chi connectivity index (χ2n) is 7.84. The summed E-state index contributed by atoms with van der Waals surface area (Å²) in [5, 5.41) is 11.8. The lowest BCUT2D eigenvalue weighted by molar-refractivity contribution is 0.0601. The Balaban J connectivity index is 2.03. The van der Waals surface area contributed by atoms with Crippen molar-refractivity contribution in [3.63, 3.8) is 0 Å². The van der Waals surface area contributed by atoms with Crippen LogP contribution in [0, 0.1) is 0 Å². The molecule has 1 aliphatic rings. The van der Waals surface area contributed by atoms with E-state index in [2.05, 4.69) is 69.2 Å². The smallest absolute Gasteiger partial charge is 0.115 e. The van der Waals surface area contributed by atoms with Crippen molar-refractivity contribution in [2.24, 2.45) is 0 Å². The van der Waals surface area contributed by atoms with Gasteiger partial charge in [-0.25, -0.2) is 0 Å². The van der Waals surface area contributed by atoms with Gasteiger partial charge in [0.1, 0.15) is 5.60 Å². The molecule has 0 radical (unpaired) electrons. The van der Waals surface area contributed by atoms with E-state index < -0.39 is 5.60 Å². The molecule has 3 rings (SSSR count). The van der Waals surface area contributed by atoms with Gasteiger partial charge in [-0.3, -0.25) is 0 Å². The first kappa shape index (κ1) is 17.2. The van der Waals surface area contributed by atoms with Crippen LogP contribution >= 0.6 is 0 Å². The van der Waals surface area contributed by atoms with Crippen LogP contribution in [0.3, 0.4) is 0 Å². The van der Waals surface area contributed by atoms with Crippen molar-refractivity contribution in [1.82, 2.24) is 4.90 Å². The topological polar surface area (TPSA) is 23.5 Å². The normalized spacial score (nSPS) is 17.4. The Bertz CT molecular complexity index is 668. The number of aliphatic hydroxyl groups is 1. The molecule has 2 nitrogen and oxygen atoms in total. The Hall–Kier alpha value is -1.64. The molecular weight excluding hydrogens is 294 g/mol. The first-order chi connectivity index (χ1) is 11.4. The molecule has 0 spiro atoms. The molecule has 2 heteroatoms.